The van der Waals surface area contributed by atoms with Gasteiger partial charge in [0.15, 0.2) is 0 Å². The van der Waals surface area contributed by atoms with Gasteiger partial charge in [0.2, 0.25) is 0 Å². The monoisotopic (exact) mass is 489 g/mol. The van der Waals surface area contributed by atoms with E-state index in [4.69, 9.17) is 17.3 Å². The predicted molar refractivity (Wildman–Crippen MR) is 133 cm³/mol. The van der Waals surface area contributed by atoms with Crippen molar-refractivity contribution >= 4 is 26.6 Å². The third-order valence-electron chi connectivity index (χ3n) is 5.90. The maximum absolute atomic E-state index is 8.51. The van der Waals surface area contributed by atoms with Crippen LogP contribution in [0, 0.1) is 66.6 Å². The molecule has 0 atom stereocenters. The van der Waals surface area contributed by atoms with E-state index in [9.17, 15) is 0 Å². The Morgan fingerprint density at radius 1 is 0.742 bits per heavy atom. The molecule has 2 saturated carbocycles. The van der Waals surface area contributed by atoms with Crippen LogP contribution in [-0.2, 0) is 19.4 Å². The molecular weight excluding hydrogens is 457 g/mol. The van der Waals surface area contributed by atoms with Crippen LogP contribution in [0.3, 0.4) is 0 Å². The molecule has 0 heterocycles. The molecule has 1 N–H and O–H groups in total. The Labute approximate surface area is 213 Å². The van der Waals surface area contributed by atoms with Crippen LogP contribution in [0.25, 0.3) is 11.4 Å². The first-order chi connectivity index (χ1) is 14.4. The van der Waals surface area contributed by atoms with Crippen molar-refractivity contribution in [1.82, 2.24) is 0 Å². The van der Waals surface area contributed by atoms with E-state index >= 15 is 0 Å². The number of rotatable bonds is 2. The molecule has 1 aromatic carbocycles. The zero-order chi connectivity index (χ0) is 23.9. The van der Waals surface area contributed by atoms with Gasteiger partial charge in [0.05, 0.1) is 0 Å². The molecule has 31 heavy (non-hydrogen) atoms. The fourth-order valence-electron chi connectivity index (χ4n) is 3.66. The van der Waals surface area contributed by atoms with E-state index in [1.165, 1.54) is 49.0 Å². The summed E-state index contributed by atoms with van der Waals surface area (Å²) in [4.78, 5) is 0. The van der Waals surface area contributed by atoms with Gasteiger partial charge in [-0.25, -0.2) is 0 Å². The van der Waals surface area contributed by atoms with Gasteiger partial charge in [-0.3, -0.25) is 0 Å². The van der Waals surface area contributed by atoms with Gasteiger partial charge < -0.3 is 5.73 Å². The molecule has 0 spiro atoms. The second-order valence-corrected chi connectivity index (χ2v) is 9.24. The van der Waals surface area contributed by atoms with Crippen molar-refractivity contribution in [2.24, 2.45) is 5.41 Å². The summed E-state index contributed by atoms with van der Waals surface area (Å²) in [6.45, 7) is 17.4. The molecule has 2 aliphatic carbocycles. The van der Waals surface area contributed by atoms with Gasteiger partial charge in [0, 0.05) is 10.9 Å². The molecule has 1 nitrogen and oxygen atoms in total. The van der Waals surface area contributed by atoms with Crippen molar-refractivity contribution in [3.8, 4) is 0 Å². The summed E-state index contributed by atoms with van der Waals surface area (Å²) in [6, 6.07) is 7.46. The molecule has 0 unspecified atom stereocenters. The van der Waals surface area contributed by atoms with Gasteiger partial charge in [0.25, 0.3) is 0 Å². The SMILES string of the molecule is CC(C)(C)/C([C]1[CH][CH][CH][CH]1)=C(/[NH-])c1ccc(Cl)cc1.C[C]1[C](C)[C](C)[C](C)[C]1C.[Cl][Ti+3]. The molecule has 162 valence electrons. The predicted octanol–water partition coefficient (Wildman–Crippen LogP) is 9.21. The molecule has 0 aromatic heterocycles. The van der Waals surface area contributed by atoms with Crippen LogP contribution in [0.15, 0.2) is 29.8 Å². The molecule has 0 bridgehead atoms. The van der Waals surface area contributed by atoms with Crippen LogP contribution < -0.4 is 0 Å². The van der Waals surface area contributed by atoms with E-state index < -0.39 is 0 Å². The summed E-state index contributed by atoms with van der Waals surface area (Å²) >= 11 is 7.38. The Balaban J connectivity index is 0.000000337. The number of nitrogens with one attached hydrogen (secondary N) is 1. The zero-order valence-corrected chi connectivity index (χ0v) is 22.9. The fraction of sp³-hybridized carbons (Fsp3) is 0.333. The molecule has 2 fully saturated rings. The summed E-state index contributed by atoms with van der Waals surface area (Å²) in [6.07, 6.45) is 8.14. The third-order valence-corrected chi connectivity index (χ3v) is 6.15. The topological polar surface area (TPSA) is 23.8 Å². The van der Waals surface area contributed by atoms with Crippen molar-refractivity contribution in [3.05, 3.63) is 107 Å². The summed E-state index contributed by atoms with van der Waals surface area (Å²) in [7, 11) is 4.64. The molecule has 2 aliphatic rings. The Morgan fingerprint density at radius 2 is 1.10 bits per heavy atom. The van der Waals surface area contributed by atoms with Gasteiger partial charge in [-0.05, 0) is 78.4 Å². The molecule has 4 heteroatoms. The third kappa shape index (κ3) is 7.80. The first-order valence-electron chi connectivity index (χ1n) is 10.3. The van der Waals surface area contributed by atoms with Crippen LogP contribution in [0.5, 0.6) is 0 Å². The number of halogens is 2. The molecular formula is C27H33Cl2NTi+2. The van der Waals surface area contributed by atoms with Crippen LogP contribution in [0.4, 0.5) is 0 Å². The molecule has 0 amide bonds. The van der Waals surface area contributed by atoms with Gasteiger partial charge >= 0.3 is 28.7 Å². The minimum atomic E-state index is -0.0783. The zero-order valence-electron chi connectivity index (χ0n) is 19.9. The van der Waals surface area contributed by atoms with Crippen LogP contribution in [0.2, 0.25) is 5.02 Å². The summed E-state index contributed by atoms with van der Waals surface area (Å²) in [5.74, 6) is 8.46. The van der Waals surface area contributed by atoms with Gasteiger partial charge in [-0.2, -0.15) is 0 Å². The van der Waals surface area contributed by atoms with E-state index in [0.29, 0.717) is 10.7 Å². The number of hydrogen-bond donors (Lipinski definition) is 0. The van der Waals surface area contributed by atoms with E-state index in [2.05, 4.69) is 77.5 Å². The van der Waals surface area contributed by atoms with E-state index in [1.54, 1.807) is 0 Å². The molecule has 3 rings (SSSR count). The normalized spacial score (nSPS) is 20.8. The molecule has 10 radical (unpaired) electrons. The van der Waals surface area contributed by atoms with Crippen molar-refractivity contribution in [2.45, 2.75) is 55.4 Å². The second kappa shape index (κ2) is 13.1. The Kier molecular flexibility index (Phi) is 12.3. The van der Waals surface area contributed by atoms with Crippen molar-refractivity contribution in [2.75, 3.05) is 0 Å². The number of benzene rings is 1. The number of allylic oxidation sites excluding steroid dienone is 1. The van der Waals surface area contributed by atoms with Gasteiger partial charge in [-0.15, -0.1) is 5.70 Å². The standard InChI is InChI=1S/C17H18ClN.C10H15.ClH.Ti/c1-17(2,3)15(12-6-4-5-7-12)16(19)13-8-10-14(18)11-9-13;1-6-7(2)9(4)10(5)8(6)3;;/h4-11,19H,1-3H3;1-5H3;1H;/q-1;;;+4/p-1/b16-15+;;;. The fourth-order valence-corrected chi connectivity index (χ4v) is 3.79. The summed E-state index contributed by atoms with van der Waals surface area (Å²) < 4.78 is 0. The van der Waals surface area contributed by atoms with Crippen LogP contribution >= 0.6 is 20.9 Å². The maximum atomic E-state index is 8.51. The molecule has 1 aromatic rings. The first-order valence-corrected chi connectivity index (χ1v) is 12.8. The van der Waals surface area contributed by atoms with Gasteiger partial charge in [0.1, 0.15) is 0 Å². The van der Waals surface area contributed by atoms with Crippen molar-refractivity contribution in [1.29, 1.82) is 0 Å². The summed E-state index contributed by atoms with van der Waals surface area (Å²) in [5, 5.41) is 0.696. The molecule has 0 aliphatic heterocycles. The van der Waals surface area contributed by atoms with E-state index in [-0.39, 0.29) is 5.41 Å². The van der Waals surface area contributed by atoms with Crippen molar-refractivity contribution < 1.29 is 19.4 Å². The van der Waals surface area contributed by atoms with Crippen LogP contribution in [0.1, 0.15) is 61.0 Å². The summed E-state index contributed by atoms with van der Waals surface area (Å²) in [5.41, 5.74) is 11.0. The van der Waals surface area contributed by atoms with E-state index in [0.717, 1.165) is 17.1 Å². The van der Waals surface area contributed by atoms with Crippen LogP contribution in [-0.4, -0.2) is 0 Å². The number of hydrogen-bond acceptors (Lipinski definition) is 0. The Bertz CT molecular complexity index is 641. The average molecular weight is 490 g/mol. The second-order valence-electron chi connectivity index (χ2n) is 8.81. The Morgan fingerprint density at radius 3 is 1.42 bits per heavy atom. The van der Waals surface area contributed by atoms with Crippen molar-refractivity contribution in [3.63, 3.8) is 0 Å². The minimum absolute atomic E-state index is 0.0783. The average Bonchev–Trinajstić information content (AvgIpc) is 3.31. The van der Waals surface area contributed by atoms with Gasteiger partial charge in [-0.1, -0.05) is 84.7 Å². The quantitative estimate of drug-likeness (QED) is 0.369. The first kappa shape index (κ1) is 29.1. The Hall–Kier alpha value is 0.0543. The van der Waals surface area contributed by atoms with E-state index in [1.807, 2.05) is 37.1 Å². The molecule has 0 saturated heterocycles.